The zero-order valence-electron chi connectivity index (χ0n) is 11.2. The van der Waals surface area contributed by atoms with Crippen LogP contribution in [0.3, 0.4) is 0 Å². The summed E-state index contributed by atoms with van der Waals surface area (Å²) in [5.74, 6) is 1.05. The highest BCUT2D eigenvalue weighted by molar-refractivity contribution is 7.99. The van der Waals surface area contributed by atoms with E-state index in [4.69, 9.17) is 0 Å². The zero-order chi connectivity index (χ0) is 14.1. The molecule has 1 aliphatic heterocycles. The summed E-state index contributed by atoms with van der Waals surface area (Å²) >= 11 is 1.90. The van der Waals surface area contributed by atoms with Crippen LogP contribution >= 0.6 is 11.8 Å². The summed E-state index contributed by atoms with van der Waals surface area (Å²) in [5, 5.41) is 14.9. The van der Waals surface area contributed by atoms with Gasteiger partial charge in [-0.2, -0.15) is 0 Å². The number of hydrogen-bond acceptors (Lipinski definition) is 5. The molecule has 1 aliphatic rings. The number of hydrogen-bond donors (Lipinski definition) is 1. The molecule has 0 bridgehead atoms. The SMILES string of the molecule is c1cc(NC2CSc3ccccc32)cc(-n2cnnn2)c1. The highest BCUT2D eigenvalue weighted by Gasteiger charge is 2.22. The molecule has 4 rings (SSSR count). The van der Waals surface area contributed by atoms with Crippen LogP contribution in [-0.4, -0.2) is 26.0 Å². The van der Waals surface area contributed by atoms with Crippen LogP contribution in [0.15, 0.2) is 59.8 Å². The largest absolute Gasteiger partial charge is 0.377 e. The number of anilines is 1. The molecular formula is C15H13N5S. The average Bonchev–Trinajstić information content (AvgIpc) is 3.18. The normalized spacial score (nSPS) is 16.7. The van der Waals surface area contributed by atoms with Gasteiger partial charge in [0.05, 0.1) is 11.7 Å². The molecule has 0 radical (unpaired) electrons. The van der Waals surface area contributed by atoms with E-state index in [9.17, 15) is 0 Å². The van der Waals surface area contributed by atoms with E-state index >= 15 is 0 Å². The lowest BCUT2D eigenvalue weighted by Crippen LogP contribution is -2.10. The Morgan fingerprint density at radius 3 is 3.00 bits per heavy atom. The summed E-state index contributed by atoms with van der Waals surface area (Å²) < 4.78 is 1.66. The van der Waals surface area contributed by atoms with E-state index in [1.165, 1.54) is 10.5 Å². The van der Waals surface area contributed by atoms with Crippen LogP contribution in [0.25, 0.3) is 5.69 Å². The van der Waals surface area contributed by atoms with Crippen molar-refractivity contribution < 1.29 is 0 Å². The third-order valence-corrected chi connectivity index (χ3v) is 4.68. The fraction of sp³-hybridized carbons (Fsp3) is 0.133. The number of benzene rings is 2. The lowest BCUT2D eigenvalue weighted by Gasteiger charge is -2.15. The van der Waals surface area contributed by atoms with Crippen molar-refractivity contribution in [2.75, 3.05) is 11.1 Å². The van der Waals surface area contributed by atoms with Crippen LogP contribution in [0, 0.1) is 0 Å². The molecule has 5 nitrogen and oxygen atoms in total. The summed E-state index contributed by atoms with van der Waals surface area (Å²) in [5.41, 5.74) is 3.39. The molecule has 0 fully saturated rings. The minimum Gasteiger partial charge on any atom is -0.377 e. The lowest BCUT2D eigenvalue weighted by atomic mass is 10.1. The third kappa shape index (κ3) is 2.38. The summed E-state index contributed by atoms with van der Waals surface area (Å²) in [7, 11) is 0. The Bertz CT molecular complexity index is 756. The molecule has 0 aliphatic carbocycles. The maximum atomic E-state index is 3.92. The van der Waals surface area contributed by atoms with Crippen LogP contribution in [0.5, 0.6) is 0 Å². The van der Waals surface area contributed by atoms with Crippen molar-refractivity contribution in [1.82, 2.24) is 20.2 Å². The van der Waals surface area contributed by atoms with E-state index < -0.39 is 0 Å². The summed E-state index contributed by atoms with van der Waals surface area (Å²) in [4.78, 5) is 1.37. The summed E-state index contributed by atoms with van der Waals surface area (Å²) in [6.07, 6.45) is 1.60. The molecule has 104 valence electrons. The predicted octanol–water partition coefficient (Wildman–Crippen LogP) is 2.92. The molecule has 1 N–H and O–H groups in total. The van der Waals surface area contributed by atoms with Crippen LogP contribution < -0.4 is 5.32 Å². The van der Waals surface area contributed by atoms with Crippen molar-refractivity contribution in [1.29, 1.82) is 0 Å². The average molecular weight is 295 g/mol. The van der Waals surface area contributed by atoms with Gasteiger partial charge in [-0.1, -0.05) is 24.3 Å². The molecule has 2 aromatic carbocycles. The predicted molar refractivity (Wildman–Crippen MR) is 82.7 cm³/mol. The highest BCUT2D eigenvalue weighted by Crippen LogP contribution is 2.39. The second-order valence-electron chi connectivity index (χ2n) is 4.85. The Kier molecular flexibility index (Phi) is 3.08. The van der Waals surface area contributed by atoms with E-state index in [1.54, 1.807) is 11.0 Å². The number of thioether (sulfide) groups is 1. The van der Waals surface area contributed by atoms with Gasteiger partial charge in [-0.15, -0.1) is 16.9 Å². The molecule has 6 heteroatoms. The van der Waals surface area contributed by atoms with Gasteiger partial charge in [-0.05, 0) is 40.3 Å². The summed E-state index contributed by atoms with van der Waals surface area (Å²) in [6.45, 7) is 0. The maximum absolute atomic E-state index is 3.92. The monoisotopic (exact) mass is 295 g/mol. The van der Waals surface area contributed by atoms with Crippen molar-refractivity contribution >= 4 is 17.4 Å². The first-order chi connectivity index (χ1) is 10.4. The molecule has 0 amide bonds. The molecule has 0 saturated heterocycles. The summed E-state index contributed by atoms with van der Waals surface area (Å²) in [6, 6.07) is 17.0. The second kappa shape index (κ2) is 5.21. The van der Waals surface area contributed by atoms with E-state index in [-0.39, 0.29) is 0 Å². The lowest BCUT2D eigenvalue weighted by molar-refractivity contribution is 0.788. The molecule has 1 unspecified atom stereocenters. The minimum absolute atomic E-state index is 0.343. The quantitative estimate of drug-likeness (QED) is 0.805. The molecule has 1 atom stereocenters. The molecular weight excluding hydrogens is 282 g/mol. The first-order valence-electron chi connectivity index (χ1n) is 6.72. The van der Waals surface area contributed by atoms with Gasteiger partial charge in [0.1, 0.15) is 6.33 Å². The van der Waals surface area contributed by atoms with Crippen LogP contribution in [0.4, 0.5) is 5.69 Å². The first kappa shape index (κ1) is 12.4. The molecule has 3 aromatic rings. The fourth-order valence-electron chi connectivity index (χ4n) is 2.50. The topological polar surface area (TPSA) is 55.6 Å². The fourth-order valence-corrected chi connectivity index (χ4v) is 3.66. The number of nitrogens with one attached hydrogen (secondary N) is 1. The van der Waals surface area contributed by atoms with Gasteiger partial charge in [0.25, 0.3) is 0 Å². The van der Waals surface area contributed by atoms with Crippen LogP contribution in [-0.2, 0) is 0 Å². The zero-order valence-corrected chi connectivity index (χ0v) is 12.0. The van der Waals surface area contributed by atoms with E-state index in [0.29, 0.717) is 6.04 Å². The van der Waals surface area contributed by atoms with Crippen LogP contribution in [0.2, 0.25) is 0 Å². The highest BCUT2D eigenvalue weighted by atomic mass is 32.2. The third-order valence-electron chi connectivity index (χ3n) is 3.50. The Balaban J connectivity index is 1.60. The molecule has 1 aromatic heterocycles. The number of aromatic nitrogens is 4. The first-order valence-corrected chi connectivity index (χ1v) is 7.70. The molecule has 2 heterocycles. The van der Waals surface area contributed by atoms with Crippen LogP contribution in [0.1, 0.15) is 11.6 Å². The Morgan fingerprint density at radius 2 is 2.10 bits per heavy atom. The van der Waals surface area contributed by atoms with Crippen molar-refractivity contribution in [2.45, 2.75) is 10.9 Å². The van der Waals surface area contributed by atoms with Gasteiger partial charge < -0.3 is 5.32 Å². The molecule has 21 heavy (non-hydrogen) atoms. The maximum Gasteiger partial charge on any atom is 0.143 e. The molecule has 0 saturated carbocycles. The van der Waals surface area contributed by atoms with Gasteiger partial charge >= 0.3 is 0 Å². The Morgan fingerprint density at radius 1 is 1.14 bits per heavy atom. The van der Waals surface area contributed by atoms with Gasteiger partial charge in [0.2, 0.25) is 0 Å². The van der Waals surface area contributed by atoms with Gasteiger partial charge in [-0.25, -0.2) is 4.68 Å². The second-order valence-corrected chi connectivity index (χ2v) is 5.91. The van der Waals surface area contributed by atoms with Crippen molar-refractivity contribution in [3.05, 3.63) is 60.4 Å². The molecule has 0 spiro atoms. The number of fused-ring (bicyclic) bond motifs is 1. The number of tetrazole rings is 1. The smallest absolute Gasteiger partial charge is 0.143 e. The van der Waals surface area contributed by atoms with Gasteiger partial charge in [0.15, 0.2) is 0 Å². The van der Waals surface area contributed by atoms with Crippen molar-refractivity contribution in [3.8, 4) is 5.69 Å². The van der Waals surface area contributed by atoms with E-state index in [1.807, 2.05) is 23.9 Å². The van der Waals surface area contributed by atoms with E-state index in [0.717, 1.165) is 17.1 Å². The minimum atomic E-state index is 0.343. The van der Waals surface area contributed by atoms with Crippen molar-refractivity contribution in [3.63, 3.8) is 0 Å². The number of rotatable bonds is 3. The standard InChI is InChI=1S/C15H13N5S/c1-2-7-15-13(6-1)14(9-21-15)17-11-4-3-5-12(8-11)20-10-16-18-19-20/h1-8,10,14,17H,9H2. The number of nitrogens with zero attached hydrogens (tertiary/aromatic N) is 4. The Hall–Kier alpha value is -2.34. The van der Waals surface area contributed by atoms with Gasteiger partial charge in [-0.3, -0.25) is 0 Å². The Labute approximate surface area is 126 Å². The van der Waals surface area contributed by atoms with Gasteiger partial charge in [0, 0.05) is 16.3 Å². The van der Waals surface area contributed by atoms with Crippen molar-refractivity contribution in [2.24, 2.45) is 0 Å². The van der Waals surface area contributed by atoms with E-state index in [2.05, 4.69) is 57.2 Å².